The van der Waals surface area contributed by atoms with Crippen LogP contribution in [0, 0.1) is 112 Å². The topological polar surface area (TPSA) is 545 Å². The van der Waals surface area contributed by atoms with Crippen molar-refractivity contribution in [1.82, 2.24) is 0 Å². The second kappa shape index (κ2) is 59.2. The minimum absolute atomic E-state index is 0. The Hall–Kier alpha value is -4.50. The van der Waals surface area contributed by atoms with E-state index in [0.29, 0.717) is 66.1 Å². The molecule has 0 spiro atoms. The second-order valence-corrected chi connectivity index (χ2v) is 34.6. The van der Waals surface area contributed by atoms with Gasteiger partial charge < -0.3 is 97.2 Å². The Labute approximate surface area is 656 Å². The van der Waals surface area contributed by atoms with Gasteiger partial charge in [-0.25, -0.2) is 0 Å². The maximum absolute atomic E-state index is 11.6. The SMILES string of the molecule is C=O.CC1CC(=O)C2CCCCC2C1.CC1CC2CCCC3CCCC(C1)C32.CC1CCC2CCC(C(=O)O)CC2C1.CC=O.CC=O.CC=O.NC(=O)C1CCCCC1N.NC(=O)C1CCCCC1N.NC1CCC(C(=O)O)CC1N.NC1CCCC2CCCC(N)C12.O.O.O.O.O=C1CCCC2CCCCC12. The molecule has 24 nitrogen and oxygen atoms in total. The lowest BCUT2D eigenvalue weighted by atomic mass is 9.55. The Bertz CT molecular complexity index is 2420. The fourth-order valence-electron chi connectivity index (χ4n) is 21.7. The van der Waals surface area contributed by atoms with Gasteiger partial charge in [0, 0.05) is 60.9 Å². The van der Waals surface area contributed by atoms with Crippen LogP contribution in [-0.2, 0) is 47.9 Å². The predicted molar refractivity (Wildman–Crippen MR) is 435 cm³/mol. The Morgan fingerprint density at radius 3 is 1.11 bits per heavy atom. The number of ketones is 2. The fourth-order valence-corrected chi connectivity index (χ4v) is 21.7. The number of fused-ring (bicyclic) bond motifs is 4. The predicted octanol–water partition coefficient (Wildman–Crippen LogP) is 10.4. The molecule has 0 bridgehead atoms. The van der Waals surface area contributed by atoms with Gasteiger partial charge in [-0.15, -0.1) is 0 Å². The minimum Gasteiger partial charge on any atom is -0.481 e. The van der Waals surface area contributed by atoms with Crippen molar-refractivity contribution in [2.45, 2.75) is 360 Å². The summed E-state index contributed by atoms with van der Waals surface area (Å²) in [5.74, 6) is 11.6. The van der Waals surface area contributed by atoms with E-state index < -0.39 is 11.9 Å². The van der Waals surface area contributed by atoms with Gasteiger partial charge >= 0.3 is 11.9 Å². The third kappa shape index (κ3) is 37.6. The summed E-state index contributed by atoms with van der Waals surface area (Å²) in [5, 5.41) is 17.6. The molecule has 109 heavy (non-hydrogen) atoms. The number of Topliss-reactive ketones (excluding diaryl/α,β-unsaturated/α-hetero) is 2. The summed E-state index contributed by atoms with van der Waals surface area (Å²) in [6.07, 6.45) is 55.6. The van der Waals surface area contributed by atoms with Crippen LogP contribution in [0.15, 0.2) is 0 Å². The molecule has 14 rings (SSSR count). The number of aldehydes is 3. The minimum atomic E-state index is -0.743. The summed E-state index contributed by atoms with van der Waals surface area (Å²) in [6.45, 7) is 13.4. The molecule has 26 N–H and O–H groups in total. The van der Waals surface area contributed by atoms with E-state index in [4.69, 9.17) is 75.3 Å². The Kier molecular flexibility index (Phi) is 57.9. The van der Waals surface area contributed by atoms with E-state index in [1.165, 1.54) is 155 Å². The van der Waals surface area contributed by atoms with E-state index in [9.17, 15) is 28.8 Å². The van der Waals surface area contributed by atoms with E-state index in [-0.39, 0.29) is 81.6 Å². The van der Waals surface area contributed by atoms with Gasteiger partial charge in [0.2, 0.25) is 11.8 Å². The first-order valence-electron chi connectivity index (χ1n) is 42.3. The normalized spacial score (nSPS) is 36.6. The zero-order valence-corrected chi connectivity index (χ0v) is 68.6. The van der Waals surface area contributed by atoms with Crippen LogP contribution in [0.2, 0.25) is 0 Å². The van der Waals surface area contributed by atoms with E-state index in [1.807, 2.05) is 6.79 Å². The van der Waals surface area contributed by atoms with Gasteiger partial charge in [-0.05, 0) is 245 Å². The molecule has 0 heterocycles. The van der Waals surface area contributed by atoms with Gasteiger partial charge in [0.05, 0.1) is 23.7 Å². The molecule has 24 heteroatoms. The average Bonchev–Trinajstić information content (AvgIpc) is 0.781. The smallest absolute Gasteiger partial charge is 0.306 e. The molecular formula is C85H162N8O16. The molecule has 0 aromatic carbocycles. The monoisotopic (exact) mass is 1550 g/mol. The highest BCUT2D eigenvalue weighted by atomic mass is 16.4. The van der Waals surface area contributed by atoms with Gasteiger partial charge in [-0.2, -0.15) is 0 Å². The molecule has 20 atom stereocenters. The summed E-state index contributed by atoms with van der Waals surface area (Å²) in [6, 6.07) is 0.700. The van der Waals surface area contributed by atoms with E-state index >= 15 is 0 Å². The number of rotatable bonds is 4. The number of carbonyl (C=O) groups is 10. The van der Waals surface area contributed by atoms with Crippen molar-refractivity contribution in [2.24, 2.45) is 158 Å². The molecule has 20 unspecified atom stereocenters. The lowest BCUT2D eigenvalue weighted by Gasteiger charge is -2.51. The average molecular weight is 1550 g/mol. The number of hydrogen-bond acceptors (Lipinski definition) is 16. The molecule has 2 amide bonds. The van der Waals surface area contributed by atoms with Crippen LogP contribution in [0.4, 0.5) is 0 Å². The van der Waals surface area contributed by atoms with Crippen molar-refractivity contribution in [1.29, 1.82) is 0 Å². The van der Waals surface area contributed by atoms with Gasteiger partial charge in [-0.3, -0.25) is 28.8 Å². The molecule has 14 fully saturated rings. The lowest BCUT2D eigenvalue weighted by molar-refractivity contribution is -0.144. The molecule has 0 radical (unpaired) electrons. The number of hydrogen-bond donors (Lipinski definition) is 10. The number of amides is 2. The van der Waals surface area contributed by atoms with Crippen molar-refractivity contribution in [3.8, 4) is 0 Å². The van der Waals surface area contributed by atoms with Crippen LogP contribution in [0.5, 0.6) is 0 Å². The summed E-state index contributed by atoms with van der Waals surface area (Å²) >= 11 is 0. The fraction of sp³-hybridized carbons (Fsp3) is 0.882. The molecule has 638 valence electrons. The van der Waals surface area contributed by atoms with Crippen molar-refractivity contribution < 1.29 is 80.1 Å². The second-order valence-electron chi connectivity index (χ2n) is 34.6. The van der Waals surface area contributed by atoms with Crippen LogP contribution in [0.25, 0.3) is 0 Å². The summed E-state index contributed by atoms with van der Waals surface area (Å²) in [7, 11) is 0. The first kappa shape index (κ1) is 107. The van der Waals surface area contributed by atoms with Gasteiger partial charge in [-0.1, -0.05) is 143 Å². The van der Waals surface area contributed by atoms with Crippen LogP contribution < -0.4 is 45.9 Å². The standard InChI is InChI=1S/C14H24.C12H20O2.C11H18O.C10H20N2.C10H16O.C7H14N2O2.2C7H14N2O.3C2H4O.CH2O.4H2O/c1-10-8-12-6-2-4-11-5-3-7-13(9-10)14(11)12;1-8-2-3-9-4-5-10(12(13)14)7-11(9)6-8;1-8-6-9-4-2-3-5-10(9)11(12)7-8;11-8-5-1-3-7-4-2-6-9(12)10(7)8;11-10-7-3-5-8-4-1-2-6-9(8)10;8-5-2-1-4(7(10)11)3-6(5)9;2*8-6-4-2-1-3-5(6)7(9)10;3*1-2-3;1-2;;;;/h10-14H,2-9H2,1H3;8-11H,2-7H2,1H3,(H,13,14);8-10H,2-7H2,1H3;7-10H,1-6,11-12H2;8-9H,1-7H2;4-6H,1-3,8-9H2,(H,10,11);2*5-6H,1-4,8H2,(H2,9,10);3*2H,1H3;1H2;4*1H2. The molecule has 14 saturated carbocycles. The maximum atomic E-state index is 11.6. The van der Waals surface area contributed by atoms with Crippen LogP contribution in [-0.4, -0.2) is 129 Å². The molecular weight excluding hydrogens is 1390 g/mol. The molecule has 14 aliphatic rings. The molecule has 14 aliphatic carbocycles. The third-order valence-corrected chi connectivity index (χ3v) is 26.9. The lowest BCUT2D eigenvalue weighted by Crippen LogP contribution is -2.50. The Morgan fingerprint density at radius 2 is 0.679 bits per heavy atom. The highest BCUT2D eigenvalue weighted by Gasteiger charge is 2.45. The van der Waals surface area contributed by atoms with E-state index in [0.717, 1.165) is 162 Å². The number of nitrogens with two attached hydrogens (primary N) is 8. The molecule has 0 aromatic heterocycles. The first-order chi connectivity index (χ1) is 50.2. The van der Waals surface area contributed by atoms with Crippen LogP contribution in [0.1, 0.15) is 324 Å². The van der Waals surface area contributed by atoms with Crippen molar-refractivity contribution >= 4 is 61.0 Å². The van der Waals surface area contributed by atoms with Crippen molar-refractivity contribution in [2.75, 3.05) is 0 Å². The van der Waals surface area contributed by atoms with Gasteiger partial charge in [0.15, 0.2) is 0 Å². The van der Waals surface area contributed by atoms with E-state index in [1.54, 1.807) is 51.4 Å². The Balaban J connectivity index is 0. The first-order valence-corrected chi connectivity index (χ1v) is 42.3. The Morgan fingerprint density at radius 1 is 0.330 bits per heavy atom. The number of carboxylic acids is 2. The van der Waals surface area contributed by atoms with Crippen molar-refractivity contribution in [3.05, 3.63) is 0 Å². The zero-order valence-electron chi connectivity index (χ0n) is 68.6. The largest absolute Gasteiger partial charge is 0.481 e. The summed E-state index contributed by atoms with van der Waals surface area (Å²) < 4.78 is 0. The maximum Gasteiger partial charge on any atom is 0.306 e. The van der Waals surface area contributed by atoms with E-state index in [2.05, 4.69) is 20.8 Å². The number of aliphatic carboxylic acids is 2. The highest BCUT2D eigenvalue weighted by Crippen LogP contribution is 2.54. The van der Waals surface area contributed by atoms with Gasteiger partial charge in [0.25, 0.3) is 0 Å². The number of carboxylic acid groups (broad SMARTS) is 2. The third-order valence-electron chi connectivity index (χ3n) is 26.9. The summed E-state index contributed by atoms with van der Waals surface area (Å²) in [5.41, 5.74) is 45.1. The number of carbonyl (C=O) groups excluding carboxylic acids is 8. The molecule has 0 aromatic rings. The highest BCUT2D eigenvalue weighted by molar-refractivity contribution is 5.83. The van der Waals surface area contributed by atoms with Crippen LogP contribution in [0.3, 0.4) is 0 Å². The molecule has 0 saturated heterocycles. The molecule has 0 aliphatic heterocycles. The van der Waals surface area contributed by atoms with Gasteiger partial charge in [0.1, 0.15) is 37.2 Å². The number of primary amides is 2. The quantitative estimate of drug-likeness (QED) is 0.117. The van der Waals surface area contributed by atoms with Crippen molar-refractivity contribution in [3.63, 3.8) is 0 Å². The van der Waals surface area contributed by atoms with Crippen LogP contribution >= 0.6 is 0 Å². The summed E-state index contributed by atoms with van der Waals surface area (Å²) in [4.78, 5) is 100. The zero-order chi connectivity index (χ0) is 78.1.